The number of carboxylic acids is 1. The number of carboxylic acid groups (broad SMARTS) is 1. The van der Waals surface area contributed by atoms with Gasteiger partial charge in [0.2, 0.25) is 0 Å². The molecule has 1 unspecified atom stereocenters. The first-order valence-electron chi connectivity index (χ1n) is 6.86. The molecule has 0 aromatic rings. The van der Waals surface area contributed by atoms with Gasteiger partial charge in [-0.15, -0.1) is 0 Å². The minimum Gasteiger partial charge on any atom is -0.478 e. The molecule has 0 aromatic heterocycles. The lowest BCUT2D eigenvalue weighted by Gasteiger charge is -2.23. The van der Waals surface area contributed by atoms with Crippen molar-refractivity contribution in [3.05, 3.63) is 11.6 Å². The van der Waals surface area contributed by atoms with Crippen molar-refractivity contribution in [3.63, 3.8) is 0 Å². The maximum absolute atomic E-state index is 11.1. The summed E-state index contributed by atoms with van der Waals surface area (Å²) in [5.74, 6) is -0.764. The third kappa shape index (κ3) is 9.62. The van der Waals surface area contributed by atoms with E-state index in [9.17, 15) is 4.79 Å². The van der Waals surface area contributed by atoms with E-state index < -0.39 is 23.3 Å². The summed E-state index contributed by atoms with van der Waals surface area (Å²) in [5.41, 5.74) is 0.571. The van der Waals surface area contributed by atoms with E-state index in [1.165, 1.54) is 0 Å². The lowest BCUT2D eigenvalue weighted by Crippen LogP contribution is -2.33. The normalized spacial score (nSPS) is 14.6. The van der Waals surface area contributed by atoms with Crippen molar-refractivity contribution in [2.24, 2.45) is 0 Å². The van der Waals surface area contributed by atoms with E-state index in [4.69, 9.17) is 9.22 Å². The summed E-state index contributed by atoms with van der Waals surface area (Å²) in [6.45, 7) is 10.8. The van der Waals surface area contributed by atoms with Crippen LogP contribution in [0, 0.1) is 0 Å². The van der Waals surface area contributed by atoms with Crippen LogP contribution >= 0.6 is 0 Å². The highest BCUT2D eigenvalue weighted by Gasteiger charge is 2.19. The molecule has 0 aliphatic carbocycles. The fourth-order valence-electron chi connectivity index (χ4n) is 1.80. The SMILES string of the molecule is CCCCC=C(CC[SiH](C)O[Si](C)(C)C)C(=O)O. The maximum atomic E-state index is 11.1. The van der Waals surface area contributed by atoms with E-state index in [2.05, 4.69) is 33.1 Å². The van der Waals surface area contributed by atoms with Gasteiger partial charge in [0.1, 0.15) is 0 Å². The summed E-state index contributed by atoms with van der Waals surface area (Å²) in [6, 6.07) is 0.925. The zero-order valence-electron chi connectivity index (χ0n) is 12.5. The molecule has 0 spiro atoms. The molecule has 5 heteroatoms. The predicted molar refractivity (Wildman–Crippen MR) is 82.1 cm³/mol. The van der Waals surface area contributed by atoms with Crippen molar-refractivity contribution in [2.45, 2.75) is 64.8 Å². The Morgan fingerprint density at radius 1 is 1.39 bits per heavy atom. The average Bonchev–Trinajstić information content (AvgIpc) is 2.20. The number of hydrogen-bond donors (Lipinski definition) is 1. The Kier molecular flexibility index (Phi) is 8.47. The third-order valence-electron chi connectivity index (χ3n) is 2.60. The van der Waals surface area contributed by atoms with Crippen LogP contribution in [-0.2, 0) is 8.91 Å². The zero-order chi connectivity index (χ0) is 14.2. The van der Waals surface area contributed by atoms with Gasteiger partial charge in [-0.25, -0.2) is 4.79 Å². The van der Waals surface area contributed by atoms with E-state index in [0.29, 0.717) is 12.0 Å². The second-order valence-corrected chi connectivity index (χ2v) is 13.1. The molecule has 0 fully saturated rings. The first-order valence-corrected chi connectivity index (χ1v) is 12.7. The maximum Gasteiger partial charge on any atom is 0.331 e. The average molecular weight is 289 g/mol. The van der Waals surface area contributed by atoms with Crippen molar-refractivity contribution in [3.8, 4) is 0 Å². The van der Waals surface area contributed by atoms with E-state index in [-0.39, 0.29) is 0 Å². The van der Waals surface area contributed by atoms with Crippen LogP contribution in [0.5, 0.6) is 0 Å². The smallest absolute Gasteiger partial charge is 0.331 e. The molecule has 1 N–H and O–H groups in total. The molecule has 0 bridgehead atoms. The number of hydrogen-bond acceptors (Lipinski definition) is 2. The molecule has 0 saturated heterocycles. The van der Waals surface area contributed by atoms with E-state index >= 15 is 0 Å². The van der Waals surface area contributed by atoms with Crippen molar-refractivity contribution < 1.29 is 14.0 Å². The van der Waals surface area contributed by atoms with Gasteiger partial charge in [0, 0.05) is 5.57 Å². The predicted octanol–water partition coefficient (Wildman–Crippen LogP) is 3.78. The largest absolute Gasteiger partial charge is 0.478 e. The summed E-state index contributed by atoms with van der Waals surface area (Å²) >= 11 is 0. The minimum absolute atomic E-state index is 0.571. The van der Waals surface area contributed by atoms with Crippen LogP contribution in [-0.4, -0.2) is 28.4 Å². The standard InChI is InChI=1S/C13H28O3Si2/c1-6-7-8-9-12(13(14)15)10-11-17(2)16-18(3,4)5/h9,17H,6-8,10-11H2,1-5H3,(H,14,15). The van der Waals surface area contributed by atoms with Crippen molar-refractivity contribution in [2.75, 3.05) is 0 Å². The molecule has 0 radical (unpaired) electrons. The van der Waals surface area contributed by atoms with Gasteiger partial charge in [-0.3, -0.25) is 0 Å². The summed E-state index contributed by atoms with van der Waals surface area (Å²) in [7, 11) is -2.66. The molecule has 1 atom stereocenters. The van der Waals surface area contributed by atoms with Gasteiger partial charge in [-0.1, -0.05) is 25.8 Å². The first-order chi connectivity index (χ1) is 8.26. The summed E-state index contributed by atoms with van der Waals surface area (Å²) in [5, 5.41) is 9.13. The molecule has 0 aromatic carbocycles. The van der Waals surface area contributed by atoms with Gasteiger partial charge in [-0.05, 0) is 45.1 Å². The lowest BCUT2D eigenvalue weighted by molar-refractivity contribution is -0.132. The second kappa shape index (κ2) is 8.66. The zero-order valence-corrected chi connectivity index (χ0v) is 14.6. The Morgan fingerprint density at radius 3 is 2.44 bits per heavy atom. The lowest BCUT2D eigenvalue weighted by atomic mass is 10.1. The van der Waals surface area contributed by atoms with Crippen LogP contribution in [0.1, 0.15) is 32.6 Å². The number of aliphatic carboxylic acids is 1. The fourth-order valence-corrected chi connectivity index (χ4v) is 7.82. The topological polar surface area (TPSA) is 46.5 Å². The van der Waals surface area contributed by atoms with Crippen LogP contribution in [0.3, 0.4) is 0 Å². The molecule has 18 heavy (non-hydrogen) atoms. The van der Waals surface area contributed by atoms with Gasteiger partial charge < -0.3 is 9.22 Å². The van der Waals surface area contributed by atoms with Crippen molar-refractivity contribution in [1.82, 2.24) is 0 Å². The second-order valence-electron chi connectivity index (χ2n) is 5.76. The molecule has 0 amide bonds. The highest BCUT2D eigenvalue weighted by Crippen LogP contribution is 2.14. The monoisotopic (exact) mass is 288 g/mol. The Hall–Kier alpha value is -0.396. The molecular weight excluding hydrogens is 260 g/mol. The Morgan fingerprint density at radius 2 is 2.00 bits per heavy atom. The molecule has 0 aliphatic rings. The Labute approximate surface area is 114 Å². The molecule has 0 aliphatic heterocycles. The van der Waals surface area contributed by atoms with Gasteiger partial charge in [0.05, 0.1) is 0 Å². The fraction of sp³-hybridized carbons (Fsp3) is 0.769. The number of carbonyl (C=O) groups is 1. The van der Waals surface area contributed by atoms with Crippen LogP contribution in [0.15, 0.2) is 11.6 Å². The minimum atomic E-state index is -1.46. The van der Waals surface area contributed by atoms with Crippen LogP contribution in [0.4, 0.5) is 0 Å². The van der Waals surface area contributed by atoms with Gasteiger partial charge in [0.25, 0.3) is 0 Å². The number of allylic oxidation sites excluding steroid dienone is 1. The molecule has 0 rings (SSSR count). The first kappa shape index (κ1) is 17.6. The van der Waals surface area contributed by atoms with Gasteiger partial charge in [-0.2, -0.15) is 0 Å². The van der Waals surface area contributed by atoms with Crippen molar-refractivity contribution in [1.29, 1.82) is 0 Å². The Balaban J connectivity index is 4.19. The Bertz CT molecular complexity index is 282. The third-order valence-corrected chi connectivity index (χ3v) is 8.14. The van der Waals surface area contributed by atoms with Crippen LogP contribution < -0.4 is 0 Å². The molecule has 0 saturated carbocycles. The molecule has 0 heterocycles. The summed E-state index contributed by atoms with van der Waals surface area (Å²) < 4.78 is 6.05. The van der Waals surface area contributed by atoms with Crippen molar-refractivity contribution >= 4 is 23.3 Å². The van der Waals surface area contributed by atoms with Gasteiger partial charge >= 0.3 is 5.97 Å². The quantitative estimate of drug-likeness (QED) is 0.399. The summed E-state index contributed by atoms with van der Waals surface area (Å²) in [4.78, 5) is 11.1. The van der Waals surface area contributed by atoms with E-state index in [0.717, 1.165) is 25.3 Å². The summed E-state index contributed by atoms with van der Waals surface area (Å²) in [6.07, 6.45) is 5.60. The highest BCUT2D eigenvalue weighted by atomic mass is 28.4. The van der Waals surface area contributed by atoms with Gasteiger partial charge in [0.15, 0.2) is 17.4 Å². The number of unbranched alkanes of at least 4 members (excludes halogenated alkanes) is 2. The van der Waals surface area contributed by atoms with E-state index in [1.807, 2.05) is 6.08 Å². The molecule has 3 nitrogen and oxygen atoms in total. The molecule has 106 valence electrons. The van der Waals surface area contributed by atoms with Crippen LogP contribution in [0.2, 0.25) is 32.2 Å². The highest BCUT2D eigenvalue weighted by molar-refractivity contribution is 6.77. The van der Waals surface area contributed by atoms with Crippen LogP contribution in [0.25, 0.3) is 0 Å². The number of rotatable bonds is 9. The molecular formula is C13H28O3Si2. The van der Waals surface area contributed by atoms with E-state index in [1.54, 1.807) is 0 Å².